The molecule has 4 rings (SSSR count). The van der Waals surface area contributed by atoms with Crippen LogP contribution < -0.4 is 10.5 Å². The monoisotopic (exact) mass is 393 g/mol. The van der Waals surface area contributed by atoms with Crippen molar-refractivity contribution < 1.29 is 4.79 Å². The maximum Gasteiger partial charge on any atom is 0.262 e. The van der Waals surface area contributed by atoms with Gasteiger partial charge in [0.2, 0.25) is 5.91 Å². The van der Waals surface area contributed by atoms with Crippen molar-refractivity contribution in [2.24, 2.45) is 0 Å². The second kappa shape index (κ2) is 7.80. The molecule has 1 amide bonds. The number of hydrogen-bond acceptors (Lipinski definition) is 4. The lowest BCUT2D eigenvalue weighted by atomic mass is 10.1. The summed E-state index contributed by atoms with van der Waals surface area (Å²) >= 11 is 1.35. The molecular weight excluding hydrogens is 370 g/mol. The summed E-state index contributed by atoms with van der Waals surface area (Å²) in [6.45, 7) is 4.70. The number of hydrogen-bond donors (Lipinski definition) is 0. The van der Waals surface area contributed by atoms with Gasteiger partial charge in [-0.25, -0.2) is 4.98 Å². The average Bonchev–Trinajstić information content (AvgIpc) is 3.04. The lowest BCUT2D eigenvalue weighted by Crippen LogP contribution is -2.37. The van der Waals surface area contributed by atoms with E-state index in [-0.39, 0.29) is 23.3 Å². The lowest BCUT2D eigenvalue weighted by molar-refractivity contribution is -0.116. The van der Waals surface area contributed by atoms with Gasteiger partial charge in [-0.05, 0) is 43.5 Å². The van der Waals surface area contributed by atoms with Gasteiger partial charge in [-0.15, -0.1) is 0 Å². The van der Waals surface area contributed by atoms with Gasteiger partial charge in [0.25, 0.3) is 5.56 Å². The Labute approximate surface area is 168 Å². The van der Waals surface area contributed by atoms with Crippen molar-refractivity contribution in [3.63, 3.8) is 0 Å². The molecule has 3 aromatic rings. The van der Waals surface area contributed by atoms with E-state index in [2.05, 4.69) is 18.0 Å². The van der Waals surface area contributed by atoms with Crippen molar-refractivity contribution in [2.45, 2.75) is 44.4 Å². The molecule has 0 saturated carbocycles. The fraction of sp³-hybridized carbons (Fsp3) is 0.318. The number of aromatic nitrogens is 2. The third-order valence-electron chi connectivity index (χ3n) is 5.07. The third-order valence-corrected chi connectivity index (χ3v) is 6.04. The van der Waals surface area contributed by atoms with Gasteiger partial charge in [0.1, 0.15) is 0 Å². The van der Waals surface area contributed by atoms with Crippen LogP contribution in [-0.2, 0) is 17.8 Å². The summed E-state index contributed by atoms with van der Waals surface area (Å²) < 4.78 is 1.70. The van der Waals surface area contributed by atoms with Gasteiger partial charge >= 0.3 is 0 Å². The minimum absolute atomic E-state index is 0.0396. The highest BCUT2D eigenvalue weighted by Gasteiger charge is 2.30. The van der Waals surface area contributed by atoms with E-state index in [4.69, 9.17) is 0 Å². The molecule has 0 aliphatic carbocycles. The Bertz CT molecular complexity index is 1090. The van der Waals surface area contributed by atoms with Gasteiger partial charge < -0.3 is 4.90 Å². The van der Waals surface area contributed by atoms with E-state index in [0.717, 1.165) is 18.5 Å². The fourth-order valence-corrected chi connectivity index (χ4v) is 4.70. The largest absolute Gasteiger partial charge is 0.308 e. The smallest absolute Gasteiger partial charge is 0.262 e. The van der Waals surface area contributed by atoms with Crippen molar-refractivity contribution in [1.29, 1.82) is 0 Å². The zero-order valence-electron chi connectivity index (χ0n) is 16.1. The SMILES string of the molecule is CCCn1c(SCC(=O)N2c3ccccc3C[C@@H]2C)nc2ccccc2c1=O. The Morgan fingerprint density at radius 3 is 2.75 bits per heavy atom. The van der Waals surface area contributed by atoms with Crippen LogP contribution in [0.5, 0.6) is 0 Å². The summed E-state index contributed by atoms with van der Waals surface area (Å²) in [4.78, 5) is 32.4. The summed E-state index contributed by atoms with van der Waals surface area (Å²) in [6.07, 6.45) is 1.71. The first-order valence-electron chi connectivity index (χ1n) is 9.62. The molecule has 5 nitrogen and oxygen atoms in total. The predicted molar refractivity (Wildman–Crippen MR) is 114 cm³/mol. The van der Waals surface area contributed by atoms with Gasteiger partial charge in [-0.1, -0.05) is 49.0 Å². The van der Waals surface area contributed by atoms with Crippen LogP contribution in [0.1, 0.15) is 25.8 Å². The number of para-hydroxylation sites is 2. The summed E-state index contributed by atoms with van der Waals surface area (Å²) in [6, 6.07) is 15.6. The molecule has 0 saturated heterocycles. The van der Waals surface area contributed by atoms with Crippen molar-refractivity contribution in [3.05, 3.63) is 64.4 Å². The van der Waals surface area contributed by atoms with Crippen molar-refractivity contribution >= 4 is 34.3 Å². The normalized spacial score (nSPS) is 15.8. The fourth-order valence-electron chi connectivity index (χ4n) is 3.82. The van der Waals surface area contributed by atoms with Crippen molar-refractivity contribution in [2.75, 3.05) is 10.7 Å². The van der Waals surface area contributed by atoms with E-state index in [1.807, 2.05) is 48.2 Å². The van der Waals surface area contributed by atoms with Gasteiger partial charge in [-0.3, -0.25) is 14.2 Å². The molecule has 2 aromatic carbocycles. The molecule has 0 spiro atoms. The lowest BCUT2D eigenvalue weighted by Gasteiger charge is -2.22. The average molecular weight is 394 g/mol. The zero-order chi connectivity index (χ0) is 19.7. The maximum atomic E-state index is 13.0. The summed E-state index contributed by atoms with van der Waals surface area (Å²) in [7, 11) is 0. The molecule has 1 atom stereocenters. The molecule has 6 heteroatoms. The highest BCUT2D eigenvalue weighted by molar-refractivity contribution is 7.99. The molecule has 0 unspecified atom stereocenters. The molecule has 0 radical (unpaired) electrons. The molecule has 0 bridgehead atoms. The van der Waals surface area contributed by atoms with Crippen LogP contribution in [0.4, 0.5) is 5.69 Å². The van der Waals surface area contributed by atoms with Crippen LogP contribution in [0.3, 0.4) is 0 Å². The molecule has 28 heavy (non-hydrogen) atoms. The van der Waals surface area contributed by atoms with Crippen molar-refractivity contribution in [3.8, 4) is 0 Å². The molecule has 0 fully saturated rings. The first-order valence-corrected chi connectivity index (χ1v) is 10.6. The van der Waals surface area contributed by atoms with Crippen LogP contribution in [0.15, 0.2) is 58.5 Å². The van der Waals surface area contributed by atoms with Gasteiger partial charge in [0.05, 0.1) is 16.7 Å². The number of amides is 1. The van der Waals surface area contributed by atoms with E-state index in [9.17, 15) is 9.59 Å². The van der Waals surface area contributed by atoms with Crippen LogP contribution >= 0.6 is 11.8 Å². The molecule has 0 N–H and O–H groups in total. The summed E-state index contributed by atoms with van der Waals surface area (Å²) in [5.74, 6) is 0.306. The number of anilines is 1. The minimum Gasteiger partial charge on any atom is -0.308 e. The first-order chi connectivity index (χ1) is 13.6. The van der Waals surface area contributed by atoms with E-state index in [1.54, 1.807) is 10.6 Å². The summed E-state index contributed by atoms with van der Waals surface area (Å²) in [5, 5.41) is 1.23. The summed E-state index contributed by atoms with van der Waals surface area (Å²) in [5.41, 5.74) is 2.84. The van der Waals surface area contributed by atoms with Crippen LogP contribution in [0.25, 0.3) is 10.9 Å². The Morgan fingerprint density at radius 1 is 1.18 bits per heavy atom. The van der Waals surface area contributed by atoms with E-state index < -0.39 is 0 Å². The molecule has 144 valence electrons. The maximum absolute atomic E-state index is 13.0. The Balaban J connectivity index is 1.61. The standard InChI is InChI=1S/C22H23N3O2S/c1-3-12-24-21(27)17-9-5-6-10-18(17)23-22(24)28-14-20(26)25-15(2)13-16-8-4-7-11-19(16)25/h4-11,15H,3,12-14H2,1-2H3/t15-/m0/s1. The predicted octanol–water partition coefficient (Wildman–Crippen LogP) is 3.88. The zero-order valence-corrected chi connectivity index (χ0v) is 16.9. The Kier molecular flexibility index (Phi) is 5.22. The topological polar surface area (TPSA) is 55.2 Å². The number of thioether (sulfide) groups is 1. The Hall–Kier alpha value is -2.60. The number of rotatable bonds is 5. The molecular formula is C22H23N3O2S. The second-order valence-electron chi connectivity index (χ2n) is 7.10. The Morgan fingerprint density at radius 2 is 1.93 bits per heavy atom. The van der Waals surface area contributed by atoms with Gasteiger partial charge in [-0.2, -0.15) is 0 Å². The quantitative estimate of drug-likeness (QED) is 0.488. The molecule has 1 aliphatic rings. The second-order valence-corrected chi connectivity index (χ2v) is 8.05. The van der Waals surface area contributed by atoms with Crippen molar-refractivity contribution in [1.82, 2.24) is 9.55 Å². The number of carbonyl (C=O) groups is 1. The van der Waals surface area contributed by atoms with Gasteiger partial charge in [0.15, 0.2) is 5.16 Å². The number of carbonyl (C=O) groups excluding carboxylic acids is 1. The van der Waals surface area contributed by atoms with Gasteiger partial charge in [0, 0.05) is 18.3 Å². The highest BCUT2D eigenvalue weighted by atomic mass is 32.2. The third kappa shape index (κ3) is 3.33. The number of fused-ring (bicyclic) bond motifs is 2. The van der Waals surface area contributed by atoms with Crippen LogP contribution in [0, 0.1) is 0 Å². The van der Waals surface area contributed by atoms with Crippen LogP contribution in [-0.4, -0.2) is 27.3 Å². The first kappa shape index (κ1) is 18.7. The number of nitrogens with zero attached hydrogens (tertiary/aromatic N) is 3. The molecule has 1 aromatic heterocycles. The molecule has 1 aliphatic heterocycles. The van der Waals surface area contributed by atoms with E-state index >= 15 is 0 Å². The van der Waals surface area contributed by atoms with E-state index in [1.165, 1.54) is 17.3 Å². The van der Waals surface area contributed by atoms with Crippen LogP contribution in [0.2, 0.25) is 0 Å². The van der Waals surface area contributed by atoms with E-state index in [0.29, 0.717) is 22.6 Å². The minimum atomic E-state index is -0.0396. The highest BCUT2D eigenvalue weighted by Crippen LogP contribution is 2.32. The molecule has 2 heterocycles. The number of benzene rings is 2.